The maximum atomic E-state index is 14.0. The van der Waals surface area contributed by atoms with E-state index >= 15 is 0 Å². The van der Waals surface area contributed by atoms with Crippen LogP contribution in [-0.4, -0.2) is 68.3 Å². The van der Waals surface area contributed by atoms with E-state index in [1.165, 1.54) is 0 Å². The molecule has 3 amide bonds. The van der Waals surface area contributed by atoms with Crippen LogP contribution in [-0.2, 0) is 19.1 Å². The highest BCUT2D eigenvalue weighted by atomic mass is 16.5. The van der Waals surface area contributed by atoms with Crippen molar-refractivity contribution in [3.05, 3.63) is 18.2 Å². The number of hydrogen-bond acceptors (Lipinski definition) is 6. The second-order valence-corrected chi connectivity index (χ2v) is 12.6. The number of fused-ring (bicyclic) bond motifs is 1. The molecule has 224 valence electrons. The fourth-order valence-corrected chi connectivity index (χ4v) is 5.62. The number of anilines is 2. The van der Waals surface area contributed by atoms with Crippen molar-refractivity contribution in [1.29, 1.82) is 0 Å². The predicted molar refractivity (Wildman–Crippen MR) is 159 cm³/mol. The molecular formula is C31H50N4O5. The molecule has 2 aliphatic heterocycles. The predicted octanol–water partition coefficient (Wildman–Crippen LogP) is 4.28. The lowest BCUT2D eigenvalue weighted by molar-refractivity contribution is -0.132. The summed E-state index contributed by atoms with van der Waals surface area (Å²) in [6.07, 6.45) is 4.23. The molecule has 0 radical (unpaired) electrons. The summed E-state index contributed by atoms with van der Waals surface area (Å²) in [5.41, 5.74) is 0.104. The largest absolute Gasteiger partial charge is 0.476 e. The molecule has 1 aromatic carbocycles. The Hall–Kier alpha value is -2.65. The molecule has 2 heterocycles. The average molecular weight is 559 g/mol. The van der Waals surface area contributed by atoms with Crippen LogP contribution in [0.25, 0.3) is 0 Å². The van der Waals surface area contributed by atoms with Crippen molar-refractivity contribution in [2.45, 2.75) is 97.8 Å². The Kier molecular flexibility index (Phi) is 10.6. The summed E-state index contributed by atoms with van der Waals surface area (Å²) in [5.74, 6) is -0.144. The molecule has 1 fully saturated rings. The maximum absolute atomic E-state index is 14.0. The number of benzene rings is 1. The summed E-state index contributed by atoms with van der Waals surface area (Å²) in [6, 6.07) is 5.49. The van der Waals surface area contributed by atoms with Gasteiger partial charge < -0.3 is 29.9 Å². The number of carbonyl (C=O) groups excluding carboxylic acids is 3. The van der Waals surface area contributed by atoms with Crippen LogP contribution in [0.15, 0.2) is 18.2 Å². The van der Waals surface area contributed by atoms with Crippen LogP contribution in [0.1, 0.15) is 80.6 Å². The van der Waals surface area contributed by atoms with Crippen molar-refractivity contribution in [3.8, 4) is 5.75 Å². The maximum Gasteiger partial charge on any atom is 0.270 e. The van der Waals surface area contributed by atoms with E-state index < -0.39 is 5.60 Å². The molecule has 0 aromatic heterocycles. The second-order valence-electron chi connectivity index (χ2n) is 12.6. The van der Waals surface area contributed by atoms with E-state index in [-0.39, 0.29) is 41.1 Å². The van der Waals surface area contributed by atoms with Gasteiger partial charge in [0, 0.05) is 50.6 Å². The minimum absolute atomic E-state index is 0.000886. The zero-order chi connectivity index (χ0) is 29.7. The lowest BCUT2D eigenvalue weighted by Crippen LogP contribution is -2.54. The second kappa shape index (κ2) is 13.3. The number of carbonyl (C=O) groups is 3. The van der Waals surface area contributed by atoms with E-state index in [0.29, 0.717) is 56.2 Å². The third kappa shape index (κ3) is 7.55. The van der Waals surface area contributed by atoms with E-state index in [1.54, 1.807) is 30.8 Å². The summed E-state index contributed by atoms with van der Waals surface area (Å²) in [6.45, 7) is 15.9. The van der Waals surface area contributed by atoms with Gasteiger partial charge in [0.2, 0.25) is 11.8 Å². The first-order chi connectivity index (χ1) is 18.8. The highest BCUT2D eigenvalue weighted by molar-refractivity contribution is 6.04. The van der Waals surface area contributed by atoms with E-state index in [9.17, 15) is 14.4 Å². The molecule has 1 aromatic rings. The first kappa shape index (κ1) is 31.9. The summed E-state index contributed by atoms with van der Waals surface area (Å²) in [4.78, 5) is 44.0. The quantitative estimate of drug-likeness (QED) is 0.372. The van der Waals surface area contributed by atoms with Gasteiger partial charge in [-0.1, -0.05) is 19.8 Å². The number of nitrogens with zero attached hydrogens (tertiary/aromatic N) is 2. The lowest BCUT2D eigenvalue weighted by Gasteiger charge is -2.40. The third-order valence-corrected chi connectivity index (χ3v) is 7.81. The Morgan fingerprint density at radius 1 is 1.23 bits per heavy atom. The van der Waals surface area contributed by atoms with Gasteiger partial charge >= 0.3 is 0 Å². The molecule has 2 atom stereocenters. The summed E-state index contributed by atoms with van der Waals surface area (Å²) in [5, 5.41) is 6.54. The molecule has 0 bridgehead atoms. The number of piperidine rings is 1. The number of rotatable bonds is 12. The molecule has 2 aliphatic rings. The SMILES string of the molecule is CCCCC(C)(C)NC(=O)[C@@H]1CNC[C@H](C(=O)N(c2ccc3c(c2)N(CCCOC)C(=O)C(C)(C)O3)C(C)C)C1. The van der Waals surface area contributed by atoms with Gasteiger partial charge in [0.15, 0.2) is 5.60 Å². The standard InChI is InChI=1S/C31H50N4O5/c1-9-10-14-30(4,5)33-27(36)22-17-23(20-32-19-22)28(37)35(21(2)3)24-12-13-26-25(18-24)34(15-11-16-39-8)29(38)31(6,7)40-26/h12-13,18,21-23,32H,9-11,14-17,19-20H2,1-8H3,(H,33,36)/t22-,23+/m0/s1. The van der Waals surface area contributed by atoms with Gasteiger partial charge in [0.05, 0.1) is 17.5 Å². The number of methoxy groups -OCH3 is 1. The molecule has 9 nitrogen and oxygen atoms in total. The fraction of sp³-hybridized carbons (Fsp3) is 0.710. The highest BCUT2D eigenvalue weighted by Crippen LogP contribution is 2.41. The number of nitrogens with one attached hydrogen (secondary N) is 2. The Bertz CT molecular complexity index is 1050. The van der Waals surface area contributed by atoms with Gasteiger partial charge in [-0.25, -0.2) is 0 Å². The van der Waals surface area contributed by atoms with Gasteiger partial charge in [-0.15, -0.1) is 0 Å². The zero-order valence-electron chi connectivity index (χ0n) is 25.8. The van der Waals surface area contributed by atoms with Gasteiger partial charge in [0.1, 0.15) is 5.75 Å². The van der Waals surface area contributed by atoms with Crippen molar-refractivity contribution in [2.75, 3.05) is 43.2 Å². The summed E-state index contributed by atoms with van der Waals surface area (Å²) >= 11 is 0. The van der Waals surface area contributed by atoms with Crippen LogP contribution >= 0.6 is 0 Å². The minimum Gasteiger partial charge on any atom is -0.476 e. The summed E-state index contributed by atoms with van der Waals surface area (Å²) in [7, 11) is 1.64. The molecule has 40 heavy (non-hydrogen) atoms. The molecule has 0 aliphatic carbocycles. The number of unbranched alkanes of at least 4 members (excludes halogenated alkanes) is 1. The van der Waals surface area contributed by atoms with Crippen LogP contribution < -0.4 is 25.2 Å². The molecule has 9 heteroatoms. The van der Waals surface area contributed by atoms with E-state index in [2.05, 4.69) is 31.4 Å². The van der Waals surface area contributed by atoms with E-state index in [1.807, 2.05) is 32.0 Å². The van der Waals surface area contributed by atoms with Crippen molar-refractivity contribution < 1.29 is 23.9 Å². The first-order valence-electron chi connectivity index (χ1n) is 14.8. The first-order valence-corrected chi connectivity index (χ1v) is 14.8. The molecule has 0 unspecified atom stereocenters. The van der Waals surface area contributed by atoms with Crippen LogP contribution in [0.4, 0.5) is 11.4 Å². The number of ether oxygens (including phenoxy) is 2. The minimum atomic E-state index is -0.983. The van der Waals surface area contributed by atoms with Gasteiger partial charge in [0.25, 0.3) is 5.91 Å². The monoisotopic (exact) mass is 558 g/mol. The van der Waals surface area contributed by atoms with Gasteiger partial charge in [-0.05, 0) is 79.0 Å². The molecule has 0 spiro atoms. The average Bonchev–Trinajstić information content (AvgIpc) is 2.89. The molecule has 0 saturated carbocycles. The van der Waals surface area contributed by atoms with Crippen LogP contribution in [0.3, 0.4) is 0 Å². The number of amides is 3. The van der Waals surface area contributed by atoms with Crippen molar-refractivity contribution >= 4 is 29.1 Å². The van der Waals surface area contributed by atoms with Crippen molar-refractivity contribution in [3.63, 3.8) is 0 Å². The highest BCUT2D eigenvalue weighted by Gasteiger charge is 2.42. The lowest BCUT2D eigenvalue weighted by atomic mass is 9.87. The van der Waals surface area contributed by atoms with Crippen molar-refractivity contribution in [2.24, 2.45) is 11.8 Å². The normalized spacial score (nSPS) is 20.6. The Labute approximate surface area is 240 Å². The molecular weight excluding hydrogens is 508 g/mol. The molecule has 3 rings (SSSR count). The summed E-state index contributed by atoms with van der Waals surface area (Å²) < 4.78 is 11.3. The van der Waals surface area contributed by atoms with Gasteiger partial charge in [-0.2, -0.15) is 0 Å². The van der Waals surface area contributed by atoms with Crippen LogP contribution in [0, 0.1) is 11.8 Å². The molecule has 2 N–H and O–H groups in total. The zero-order valence-corrected chi connectivity index (χ0v) is 25.8. The Balaban J connectivity index is 1.82. The number of hydrogen-bond donors (Lipinski definition) is 2. The smallest absolute Gasteiger partial charge is 0.270 e. The molecule has 1 saturated heterocycles. The topological polar surface area (TPSA) is 100 Å². The van der Waals surface area contributed by atoms with Gasteiger partial charge in [-0.3, -0.25) is 14.4 Å². The van der Waals surface area contributed by atoms with E-state index in [0.717, 1.165) is 19.3 Å². The Morgan fingerprint density at radius 2 is 1.93 bits per heavy atom. The van der Waals surface area contributed by atoms with Crippen LogP contribution in [0.5, 0.6) is 5.75 Å². The fourth-order valence-electron chi connectivity index (χ4n) is 5.62. The Morgan fingerprint density at radius 3 is 2.58 bits per heavy atom. The van der Waals surface area contributed by atoms with E-state index in [4.69, 9.17) is 9.47 Å². The van der Waals surface area contributed by atoms with Crippen molar-refractivity contribution in [1.82, 2.24) is 10.6 Å². The van der Waals surface area contributed by atoms with Crippen LogP contribution in [0.2, 0.25) is 0 Å². The third-order valence-electron chi connectivity index (χ3n) is 7.81.